The summed E-state index contributed by atoms with van der Waals surface area (Å²) in [4.78, 5) is 15.3. The molecule has 0 unspecified atom stereocenters. The molecule has 1 aromatic heterocycles. The van der Waals surface area contributed by atoms with Gasteiger partial charge in [0.15, 0.2) is 0 Å². The van der Waals surface area contributed by atoms with E-state index in [2.05, 4.69) is 10.1 Å². The number of rotatable bonds is 3. The van der Waals surface area contributed by atoms with Gasteiger partial charge in [-0.2, -0.15) is 0 Å². The van der Waals surface area contributed by atoms with Gasteiger partial charge in [0, 0.05) is 13.0 Å². The summed E-state index contributed by atoms with van der Waals surface area (Å²) in [6, 6.07) is 0. The summed E-state index contributed by atoms with van der Waals surface area (Å²) in [6.45, 7) is 2.57. The van der Waals surface area contributed by atoms with Crippen LogP contribution in [0, 0.1) is 0 Å². The predicted molar refractivity (Wildman–Crippen MR) is 59.0 cm³/mol. The molecular formula is C10H15N3OS. The highest BCUT2D eigenvalue weighted by molar-refractivity contribution is 7.99. The molecule has 2 heterocycles. The minimum atomic E-state index is 0.171. The lowest BCUT2D eigenvalue weighted by atomic mass is 10.2. The van der Waals surface area contributed by atoms with E-state index in [0.29, 0.717) is 5.75 Å². The van der Waals surface area contributed by atoms with Gasteiger partial charge in [0.05, 0.1) is 5.75 Å². The molecule has 1 aromatic rings. The number of thioether (sulfide) groups is 1. The van der Waals surface area contributed by atoms with Gasteiger partial charge in [0.2, 0.25) is 5.16 Å². The number of Topliss-reactive ketones (excluding diaryl/α,β-unsaturated/α-hetero) is 1. The van der Waals surface area contributed by atoms with Crippen molar-refractivity contribution in [3.8, 4) is 0 Å². The lowest BCUT2D eigenvalue weighted by Crippen LogP contribution is -2.02. The summed E-state index contributed by atoms with van der Waals surface area (Å²) >= 11 is 1.44. The molecule has 0 atom stereocenters. The quantitative estimate of drug-likeness (QED) is 0.734. The highest BCUT2D eigenvalue weighted by atomic mass is 32.2. The Balaban J connectivity index is 2.05. The number of aryl methyl sites for hydroxylation is 2. The SMILES string of the molecule is CC(=O)CSc1nc2n(n1)CCCCC2. The number of carbonyl (C=O) groups is 1. The van der Waals surface area contributed by atoms with Crippen LogP contribution in [0.4, 0.5) is 0 Å². The number of hydrogen-bond donors (Lipinski definition) is 0. The summed E-state index contributed by atoms with van der Waals surface area (Å²) < 4.78 is 2.00. The molecule has 4 nitrogen and oxygen atoms in total. The maximum atomic E-state index is 10.8. The van der Waals surface area contributed by atoms with E-state index in [9.17, 15) is 4.79 Å². The first-order valence-corrected chi connectivity index (χ1v) is 6.30. The van der Waals surface area contributed by atoms with Crippen molar-refractivity contribution in [3.63, 3.8) is 0 Å². The Labute approximate surface area is 93.5 Å². The van der Waals surface area contributed by atoms with Crippen LogP contribution in [0.3, 0.4) is 0 Å². The molecule has 5 heteroatoms. The second-order valence-electron chi connectivity index (χ2n) is 3.84. The van der Waals surface area contributed by atoms with Crippen LogP contribution >= 0.6 is 11.8 Å². The average Bonchev–Trinajstić information content (AvgIpc) is 2.46. The number of carbonyl (C=O) groups excluding carboxylic acids is 1. The van der Waals surface area contributed by atoms with Crippen molar-refractivity contribution in [2.24, 2.45) is 0 Å². The molecule has 0 N–H and O–H groups in total. The zero-order valence-electron chi connectivity index (χ0n) is 8.90. The molecule has 0 saturated carbocycles. The lowest BCUT2D eigenvalue weighted by Gasteiger charge is -1.97. The summed E-state index contributed by atoms with van der Waals surface area (Å²) in [5.74, 6) is 1.73. The van der Waals surface area contributed by atoms with Gasteiger partial charge >= 0.3 is 0 Å². The van der Waals surface area contributed by atoms with Gasteiger partial charge in [-0.05, 0) is 19.8 Å². The Hall–Kier alpha value is -0.840. The topological polar surface area (TPSA) is 47.8 Å². The first-order valence-electron chi connectivity index (χ1n) is 5.31. The van der Waals surface area contributed by atoms with Crippen molar-refractivity contribution in [1.82, 2.24) is 14.8 Å². The summed E-state index contributed by atoms with van der Waals surface area (Å²) in [6.07, 6.45) is 4.68. The van der Waals surface area contributed by atoms with E-state index >= 15 is 0 Å². The van der Waals surface area contributed by atoms with E-state index in [0.717, 1.165) is 23.9 Å². The van der Waals surface area contributed by atoms with Crippen LogP contribution in [0.25, 0.3) is 0 Å². The Morgan fingerprint density at radius 1 is 1.47 bits per heavy atom. The minimum absolute atomic E-state index is 0.171. The van der Waals surface area contributed by atoms with Crippen molar-refractivity contribution in [2.45, 2.75) is 44.3 Å². The molecule has 0 saturated heterocycles. The molecule has 0 fully saturated rings. The van der Waals surface area contributed by atoms with Gasteiger partial charge in [-0.25, -0.2) is 9.67 Å². The van der Waals surface area contributed by atoms with E-state index in [4.69, 9.17) is 0 Å². The Morgan fingerprint density at radius 2 is 2.33 bits per heavy atom. The fourth-order valence-corrected chi connectivity index (χ4v) is 2.32. The van der Waals surface area contributed by atoms with E-state index in [1.807, 2.05) is 4.68 Å². The normalized spacial score (nSPS) is 15.8. The Morgan fingerprint density at radius 3 is 3.13 bits per heavy atom. The molecule has 0 radical (unpaired) electrons. The van der Waals surface area contributed by atoms with Crippen LogP contribution in [-0.4, -0.2) is 26.3 Å². The molecule has 0 spiro atoms. The van der Waals surface area contributed by atoms with Gasteiger partial charge in [-0.1, -0.05) is 18.2 Å². The fourth-order valence-electron chi connectivity index (χ4n) is 1.66. The van der Waals surface area contributed by atoms with Crippen molar-refractivity contribution in [2.75, 3.05) is 5.75 Å². The molecule has 0 aliphatic carbocycles. The second kappa shape index (κ2) is 4.79. The molecule has 15 heavy (non-hydrogen) atoms. The molecule has 1 aliphatic rings. The molecular weight excluding hydrogens is 210 g/mol. The highest BCUT2D eigenvalue weighted by Gasteiger charge is 2.13. The zero-order chi connectivity index (χ0) is 10.7. The van der Waals surface area contributed by atoms with Gasteiger partial charge in [0.25, 0.3) is 0 Å². The monoisotopic (exact) mass is 225 g/mol. The van der Waals surface area contributed by atoms with Gasteiger partial charge < -0.3 is 0 Å². The van der Waals surface area contributed by atoms with Gasteiger partial charge in [0.1, 0.15) is 11.6 Å². The smallest absolute Gasteiger partial charge is 0.209 e. The Bertz CT molecular complexity index is 338. The van der Waals surface area contributed by atoms with Crippen molar-refractivity contribution >= 4 is 17.5 Å². The van der Waals surface area contributed by atoms with E-state index in [1.165, 1.54) is 31.0 Å². The number of hydrogen-bond acceptors (Lipinski definition) is 4. The molecule has 0 aromatic carbocycles. The van der Waals surface area contributed by atoms with Crippen molar-refractivity contribution in [3.05, 3.63) is 5.82 Å². The maximum absolute atomic E-state index is 10.8. The first kappa shape index (κ1) is 10.7. The third-order valence-corrected chi connectivity index (χ3v) is 3.39. The van der Waals surface area contributed by atoms with Gasteiger partial charge in [-0.3, -0.25) is 4.79 Å². The van der Waals surface area contributed by atoms with Crippen LogP contribution in [-0.2, 0) is 17.8 Å². The highest BCUT2D eigenvalue weighted by Crippen LogP contribution is 2.18. The molecule has 0 amide bonds. The third kappa shape index (κ3) is 2.81. The standard InChI is InChI=1S/C10H15N3OS/c1-8(14)7-15-10-11-9-5-3-2-4-6-13(9)12-10/h2-7H2,1H3. The molecule has 1 aliphatic heterocycles. The van der Waals surface area contributed by atoms with Crippen LogP contribution < -0.4 is 0 Å². The number of nitrogens with zero attached hydrogens (tertiary/aromatic N) is 3. The van der Waals surface area contributed by atoms with Crippen molar-refractivity contribution < 1.29 is 4.79 Å². The fraction of sp³-hybridized carbons (Fsp3) is 0.700. The summed E-state index contributed by atoms with van der Waals surface area (Å²) in [5, 5.41) is 5.15. The zero-order valence-corrected chi connectivity index (χ0v) is 9.72. The van der Waals surface area contributed by atoms with E-state index in [-0.39, 0.29) is 5.78 Å². The average molecular weight is 225 g/mol. The van der Waals surface area contributed by atoms with E-state index < -0.39 is 0 Å². The maximum Gasteiger partial charge on any atom is 0.209 e. The van der Waals surface area contributed by atoms with Crippen LogP contribution in [0.15, 0.2) is 5.16 Å². The van der Waals surface area contributed by atoms with Crippen molar-refractivity contribution in [1.29, 1.82) is 0 Å². The number of fused-ring (bicyclic) bond motifs is 1. The lowest BCUT2D eigenvalue weighted by molar-refractivity contribution is -0.114. The molecule has 0 bridgehead atoms. The second-order valence-corrected chi connectivity index (χ2v) is 4.78. The number of ketones is 1. The van der Waals surface area contributed by atoms with Crippen LogP contribution in [0.1, 0.15) is 32.0 Å². The minimum Gasteiger partial charge on any atom is -0.299 e. The molecule has 2 rings (SSSR count). The van der Waals surface area contributed by atoms with Gasteiger partial charge in [-0.15, -0.1) is 5.10 Å². The summed E-state index contributed by atoms with van der Waals surface area (Å²) in [5.41, 5.74) is 0. The summed E-state index contributed by atoms with van der Waals surface area (Å²) in [7, 11) is 0. The first-order chi connectivity index (χ1) is 7.25. The largest absolute Gasteiger partial charge is 0.299 e. The predicted octanol–water partition coefficient (Wildman–Crippen LogP) is 1.69. The Kier molecular flexibility index (Phi) is 3.41. The number of aromatic nitrogens is 3. The third-order valence-electron chi connectivity index (χ3n) is 2.40. The van der Waals surface area contributed by atoms with Crippen LogP contribution in [0.5, 0.6) is 0 Å². The van der Waals surface area contributed by atoms with E-state index in [1.54, 1.807) is 6.92 Å². The molecule has 82 valence electrons. The van der Waals surface area contributed by atoms with Crippen LogP contribution in [0.2, 0.25) is 0 Å².